The molecular formula is C18H19N3O3S. The molecule has 0 bridgehead atoms. The normalized spacial score (nSPS) is 11.7. The molecule has 0 radical (unpaired) electrons. The summed E-state index contributed by atoms with van der Waals surface area (Å²) in [5.74, 6) is 0.340. The standard InChI is InChI=1S/C18H19N3O3S/c1-21-15-8-3-4-9-16(15)25-18(21)20-19-17(22)13-6-5-7-14(12-13)24-11-10-23-2/h3-9,12H,10-11H2,1-2H3,(H,19,22). The minimum Gasteiger partial charge on any atom is -0.491 e. The van der Waals surface area contributed by atoms with Crippen molar-refractivity contribution in [2.24, 2.45) is 12.1 Å². The monoisotopic (exact) mass is 357 g/mol. The van der Waals surface area contributed by atoms with Crippen molar-refractivity contribution in [3.8, 4) is 5.75 Å². The number of methoxy groups -OCH3 is 1. The maximum absolute atomic E-state index is 12.3. The molecule has 0 unspecified atom stereocenters. The Hall–Kier alpha value is -2.64. The summed E-state index contributed by atoms with van der Waals surface area (Å²) in [5, 5.41) is 4.25. The van der Waals surface area contributed by atoms with Gasteiger partial charge in [0.2, 0.25) is 4.80 Å². The Morgan fingerprint density at radius 1 is 1.20 bits per heavy atom. The summed E-state index contributed by atoms with van der Waals surface area (Å²) in [6.45, 7) is 0.928. The largest absolute Gasteiger partial charge is 0.491 e. The fraction of sp³-hybridized carbons (Fsp3) is 0.222. The molecule has 0 aliphatic carbocycles. The quantitative estimate of drug-likeness (QED) is 0.545. The Morgan fingerprint density at radius 2 is 2.04 bits per heavy atom. The third kappa shape index (κ3) is 4.07. The number of para-hydroxylation sites is 1. The van der Waals surface area contributed by atoms with Crippen molar-refractivity contribution in [2.45, 2.75) is 0 Å². The smallest absolute Gasteiger partial charge is 0.271 e. The highest BCUT2D eigenvalue weighted by atomic mass is 32.1. The van der Waals surface area contributed by atoms with E-state index >= 15 is 0 Å². The summed E-state index contributed by atoms with van der Waals surface area (Å²) in [5.41, 5.74) is 4.17. The Kier molecular flexibility index (Phi) is 5.47. The second-order valence-corrected chi connectivity index (χ2v) is 6.34. The van der Waals surface area contributed by atoms with E-state index in [-0.39, 0.29) is 5.91 Å². The van der Waals surface area contributed by atoms with Crippen LogP contribution in [-0.4, -0.2) is 30.8 Å². The first-order chi connectivity index (χ1) is 12.2. The van der Waals surface area contributed by atoms with Gasteiger partial charge in [-0.15, -0.1) is 5.10 Å². The zero-order chi connectivity index (χ0) is 17.6. The van der Waals surface area contributed by atoms with Crippen LogP contribution in [0.3, 0.4) is 0 Å². The number of aromatic nitrogens is 1. The van der Waals surface area contributed by atoms with Gasteiger partial charge in [-0.1, -0.05) is 29.5 Å². The van der Waals surface area contributed by atoms with Crippen molar-refractivity contribution in [2.75, 3.05) is 20.3 Å². The second kappa shape index (κ2) is 7.96. The molecule has 0 fully saturated rings. The van der Waals surface area contributed by atoms with Crippen LogP contribution >= 0.6 is 11.3 Å². The number of nitrogens with one attached hydrogen (secondary N) is 1. The molecule has 0 saturated carbocycles. The first-order valence-electron chi connectivity index (χ1n) is 7.79. The van der Waals surface area contributed by atoms with Crippen molar-refractivity contribution in [3.63, 3.8) is 0 Å². The van der Waals surface area contributed by atoms with Crippen molar-refractivity contribution in [1.29, 1.82) is 0 Å². The van der Waals surface area contributed by atoms with Gasteiger partial charge in [0.1, 0.15) is 12.4 Å². The van der Waals surface area contributed by atoms with E-state index < -0.39 is 0 Å². The summed E-state index contributed by atoms with van der Waals surface area (Å²) < 4.78 is 13.5. The zero-order valence-electron chi connectivity index (χ0n) is 14.1. The Bertz CT molecular complexity index is 946. The molecule has 3 rings (SSSR count). The van der Waals surface area contributed by atoms with E-state index in [1.54, 1.807) is 31.4 Å². The van der Waals surface area contributed by atoms with Gasteiger partial charge in [0.25, 0.3) is 5.91 Å². The van der Waals surface area contributed by atoms with Gasteiger partial charge < -0.3 is 14.0 Å². The van der Waals surface area contributed by atoms with E-state index in [0.717, 1.165) is 15.0 Å². The average Bonchev–Trinajstić information content (AvgIpc) is 2.96. The fourth-order valence-corrected chi connectivity index (χ4v) is 3.30. The molecular weight excluding hydrogens is 338 g/mol. The van der Waals surface area contributed by atoms with Crippen molar-refractivity contribution >= 4 is 27.5 Å². The molecule has 130 valence electrons. The third-order valence-corrected chi connectivity index (χ3v) is 4.73. The molecule has 25 heavy (non-hydrogen) atoms. The van der Waals surface area contributed by atoms with Gasteiger partial charge in [-0.3, -0.25) is 4.79 Å². The zero-order valence-corrected chi connectivity index (χ0v) is 14.9. The van der Waals surface area contributed by atoms with Crippen LogP contribution in [0.5, 0.6) is 5.75 Å². The molecule has 3 aromatic rings. The molecule has 1 heterocycles. The highest BCUT2D eigenvalue weighted by Crippen LogP contribution is 2.15. The van der Waals surface area contributed by atoms with Gasteiger partial charge in [0, 0.05) is 19.7 Å². The van der Waals surface area contributed by atoms with Gasteiger partial charge in [0.05, 0.1) is 16.8 Å². The number of carbonyl (C=O) groups excluding carboxylic acids is 1. The fourth-order valence-electron chi connectivity index (χ4n) is 2.32. The van der Waals surface area contributed by atoms with Gasteiger partial charge in [0.15, 0.2) is 0 Å². The average molecular weight is 357 g/mol. The third-order valence-electron chi connectivity index (χ3n) is 3.62. The molecule has 0 aliphatic heterocycles. The van der Waals surface area contributed by atoms with Crippen LogP contribution in [0.15, 0.2) is 53.6 Å². The maximum Gasteiger partial charge on any atom is 0.271 e. The number of benzene rings is 2. The molecule has 2 aromatic carbocycles. The number of thiazole rings is 1. The van der Waals surface area contributed by atoms with Crippen molar-refractivity contribution in [3.05, 3.63) is 58.9 Å². The first-order valence-corrected chi connectivity index (χ1v) is 8.61. The van der Waals surface area contributed by atoms with E-state index in [0.29, 0.717) is 24.5 Å². The van der Waals surface area contributed by atoms with Crippen LogP contribution < -0.4 is 15.0 Å². The van der Waals surface area contributed by atoms with Crippen molar-refractivity contribution < 1.29 is 14.3 Å². The topological polar surface area (TPSA) is 64.8 Å². The van der Waals surface area contributed by atoms with E-state index in [1.807, 2.05) is 35.9 Å². The minimum atomic E-state index is -0.283. The Morgan fingerprint density at radius 3 is 2.84 bits per heavy atom. The van der Waals surface area contributed by atoms with Crippen LogP contribution in [0, 0.1) is 0 Å². The number of aryl methyl sites for hydroxylation is 1. The Labute approximate surface area is 149 Å². The predicted molar refractivity (Wildman–Crippen MR) is 97.6 cm³/mol. The van der Waals surface area contributed by atoms with Gasteiger partial charge in [-0.2, -0.15) is 0 Å². The molecule has 7 heteroatoms. The number of hydrogen-bond acceptors (Lipinski definition) is 5. The molecule has 1 aromatic heterocycles. The van der Waals surface area contributed by atoms with E-state index in [9.17, 15) is 4.79 Å². The predicted octanol–water partition coefficient (Wildman–Crippen LogP) is 2.51. The Balaban J connectivity index is 1.75. The van der Waals surface area contributed by atoms with Crippen molar-refractivity contribution in [1.82, 2.24) is 9.99 Å². The number of carbonyl (C=O) groups is 1. The first kappa shape index (κ1) is 17.2. The van der Waals surface area contributed by atoms with Crippen LogP contribution in [0.1, 0.15) is 10.4 Å². The summed E-state index contributed by atoms with van der Waals surface area (Å²) in [6, 6.07) is 15.0. The molecule has 6 nitrogen and oxygen atoms in total. The van der Waals surface area contributed by atoms with E-state index in [2.05, 4.69) is 10.5 Å². The minimum absolute atomic E-state index is 0.283. The highest BCUT2D eigenvalue weighted by molar-refractivity contribution is 7.16. The van der Waals surface area contributed by atoms with E-state index in [4.69, 9.17) is 9.47 Å². The van der Waals surface area contributed by atoms with Gasteiger partial charge in [-0.05, 0) is 30.3 Å². The number of hydrogen-bond donors (Lipinski definition) is 1. The lowest BCUT2D eigenvalue weighted by Gasteiger charge is -2.06. The molecule has 1 amide bonds. The molecule has 0 atom stereocenters. The highest BCUT2D eigenvalue weighted by Gasteiger charge is 2.07. The summed E-state index contributed by atoms with van der Waals surface area (Å²) >= 11 is 1.52. The second-order valence-electron chi connectivity index (χ2n) is 5.33. The SMILES string of the molecule is COCCOc1cccc(C(=O)NN=c2sc3ccccc3n2C)c1. The van der Waals surface area contributed by atoms with Crippen LogP contribution in [0.4, 0.5) is 0 Å². The lowest BCUT2D eigenvalue weighted by atomic mass is 10.2. The molecule has 0 spiro atoms. The summed E-state index contributed by atoms with van der Waals surface area (Å²) in [6.07, 6.45) is 0. The van der Waals surface area contributed by atoms with Crippen LogP contribution in [0.2, 0.25) is 0 Å². The number of nitrogens with zero attached hydrogens (tertiary/aromatic N) is 2. The number of rotatable bonds is 6. The summed E-state index contributed by atoms with van der Waals surface area (Å²) in [4.78, 5) is 13.1. The molecule has 0 aliphatic rings. The van der Waals surface area contributed by atoms with Gasteiger partial charge >= 0.3 is 0 Å². The molecule has 0 saturated heterocycles. The number of amides is 1. The van der Waals surface area contributed by atoms with Gasteiger partial charge in [-0.25, -0.2) is 5.43 Å². The van der Waals surface area contributed by atoms with E-state index in [1.165, 1.54) is 11.3 Å². The number of ether oxygens (including phenoxy) is 2. The lowest BCUT2D eigenvalue weighted by molar-refractivity contribution is 0.0952. The summed E-state index contributed by atoms with van der Waals surface area (Å²) in [7, 11) is 3.54. The van der Waals surface area contributed by atoms with Crippen LogP contribution in [0.25, 0.3) is 10.2 Å². The lowest BCUT2D eigenvalue weighted by Crippen LogP contribution is -2.23. The molecule has 1 N–H and O–H groups in total. The number of fused-ring (bicyclic) bond motifs is 1. The maximum atomic E-state index is 12.3. The van der Waals surface area contributed by atoms with Crippen LogP contribution in [-0.2, 0) is 11.8 Å².